The van der Waals surface area contributed by atoms with Crippen LogP contribution in [-0.4, -0.2) is 46.6 Å². The molecule has 0 atom stereocenters. The van der Waals surface area contributed by atoms with Gasteiger partial charge in [-0.05, 0) is 50.5 Å². The summed E-state index contributed by atoms with van der Waals surface area (Å²) < 4.78 is 0. The summed E-state index contributed by atoms with van der Waals surface area (Å²) in [6.07, 6.45) is 4.79. The maximum Gasteiger partial charge on any atom is 0.253 e. The van der Waals surface area contributed by atoms with Gasteiger partial charge >= 0.3 is 0 Å². The van der Waals surface area contributed by atoms with Gasteiger partial charge in [0.2, 0.25) is 5.91 Å². The molecule has 0 saturated carbocycles. The van der Waals surface area contributed by atoms with Crippen LogP contribution in [0.1, 0.15) is 34.3 Å². The van der Waals surface area contributed by atoms with Gasteiger partial charge in [0.1, 0.15) is 0 Å². The van der Waals surface area contributed by atoms with Crippen molar-refractivity contribution in [3.63, 3.8) is 0 Å². The van der Waals surface area contributed by atoms with Crippen molar-refractivity contribution in [2.75, 3.05) is 18.8 Å². The first kappa shape index (κ1) is 19.4. The Bertz CT molecular complexity index is 802. The van der Waals surface area contributed by atoms with E-state index in [1.54, 1.807) is 36.3 Å². The normalized spacial score (nSPS) is 14.8. The van der Waals surface area contributed by atoms with Gasteiger partial charge in [0.15, 0.2) is 0 Å². The summed E-state index contributed by atoms with van der Waals surface area (Å²) in [5, 5.41) is 3.04. The van der Waals surface area contributed by atoms with Gasteiger partial charge < -0.3 is 10.2 Å². The molecular formula is C21H25N3O2S. The molecule has 2 heterocycles. The van der Waals surface area contributed by atoms with Crippen LogP contribution in [-0.2, 0) is 4.79 Å². The van der Waals surface area contributed by atoms with Crippen molar-refractivity contribution in [1.29, 1.82) is 0 Å². The fourth-order valence-corrected chi connectivity index (χ4v) is 4.16. The second-order valence-corrected chi connectivity index (χ2v) is 7.95. The highest BCUT2D eigenvalue weighted by Gasteiger charge is 2.24. The average molecular weight is 384 g/mol. The Hall–Kier alpha value is -2.34. The minimum atomic E-state index is -0.0987. The van der Waals surface area contributed by atoms with Crippen molar-refractivity contribution in [2.24, 2.45) is 0 Å². The minimum absolute atomic E-state index is 0.0987. The number of carbonyl (C=O) groups is 2. The van der Waals surface area contributed by atoms with Gasteiger partial charge in [0.25, 0.3) is 5.91 Å². The van der Waals surface area contributed by atoms with Crippen LogP contribution in [0.15, 0.2) is 47.6 Å². The van der Waals surface area contributed by atoms with Crippen molar-refractivity contribution in [3.05, 3.63) is 59.4 Å². The Kier molecular flexibility index (Phi) is 6.50. The first-order valence-corrected chi connectivity index (χ1v) is 10.2. The summed E-state index contributed by atoms with van der Waals surface area (Å²) in [5.74, 6) is 0.521. The fraction of sp³-hybridized carbons (Fsp3) is 0.381. The first-order valence-electron chi connectivity index (χ1n) is 9.21. The molecule has 2 amide bonds. The van der Waals surface area contributed by atoms with E-state index < -0.39 is 0 Å². The highest BCUT2D eigenvalue weighted by Crippen LogP contribution is 2.24. The molecular weight excluding hydrogens is 358 g/mol. The molecule has 6 heteroatoms. The molecule has 0 bridgehead atoms. The number of rotatable bonds is 5. The van der Waals surface area contributed by atoms with E-state index in [0.717, 1.165) is 12.8 Å². The summed E-state index contributed by atoms with van der Waals surface area (Å²) in [6, 6.07) is 9.93. The largest absolute Gasteiger partial charge is 0.349 e. The predicted molar refractivity (Wildman–Crippen MR) is 108 cm³/mol. The van der Waals surface area contributed by atoms with Crippen molar-refractivity contribution in [3.8, 4) is 0 Å². The van der Waals surface area contributed by atoms with Gasteiger partial charge in [-0.2, -0.15) is 0 Å². The van der Waals surface area contributed by atoms with Crippen LogP contribution in [0, 0.1) is 13.8 Å². The maximum atomic E-state index is 12.5. The molecule has 1 fully saturated rings. The van der Waals surface area contributed by atoms with E-state index in [9.17, 15) is 9.59 Å². The lowest BCUT2D eigenvalue weighted by Crippen LogP contribution is -2.47. The molecule has 1 saturated heterocycles. The summed E-state index contributed by atoms with van der Waals surface area (Å²) >= 11 is 1.60. The number of nitrogens with one attached hydrogen (secondary N) is 1. The smallest absolute Gasteiger partial charge is 0.253 e. The molecule has 5 nitrogen and oxygen atoms in total. The third-order valence-corrected chi connectivity index (χ3v) is 5.94. The molecule has 0 unspecified atom stereocenters. The number of benzene rings is 1. The number of nitrogens with zero attached hydrogens (tertiary/aromatic N) is 2. The number of hydrogen-bond donors (Lipinski definition) is 1. The molecule has 1 aromatic heterocycles. The van der Waals surface area contributed by atoms with Crippen LogP contribution in [0.2, 0.25) is 0 Å². The standard InChI is InChI=1S/C21H25N3O2S/c1-15-5-6-16(2)19(12-15)27-14-20(25)24-10-7-18(8-11-24)23-21(26)17-4-3-9-22-13-17/h3-6,9,12-13,18H,7-8,10-11,14H2,1-2H3,(H,23,26). The number of amides is 2. The SMILES string of the molecule is Cc1ccc(C)c(SCC(=O)N2CCC(NC(=O)c3cccnc3)CC2)c1. The van der Waals surface area contributed by atoms with E-state index in [1.165, 1.54) is 16.0 Å². The Labute approximate surface area is 164 Å². The van der Waals surface area contributed by atoms with Crippen LogP contribution in [0.4, 0.5) is 0 Å². The van der Waals surface area contributed by atoms with Crippen LogP contribution in [0.3, 0.4) is 0 Å². The lowest BCUT2D eigenvalue weighted by molar-refractivity contribution is -0.129. The first-order chi connectivity index (χ1) is 13.0. The lowest BCUT2D eigenvalue weighted by Gasteiger charge is -2.32. The number of thioether (sulfide) groups is 1. The molecule has 1 aliphatic heterocycles. The molecule has 0 aliphatic carbocycles. The molecule has 1 aromatic carbocycles. The van der Waals surface area contributed by atoms with Crippen LogP contribution < -0.4 is 5.32 Å². The molecule has 3 rings (SSSR count). The molecule has 0 radical (unpaired) electrons. The topological polar surface area (TPSA) is 62.3 Å². The van der Waals surface area contributed by atoms with Crippen molar-refractivity contribution < 1.29 is 9.59 Å². The number of carbonyl (C=O) groups excluding carboxylic acids is 2. The number of aryl methyl sites for hydroxylation is 2. The van der Waals surface area contributed by atoms with Gasteiger partial charge in [-0.25, -0.2) is 0 Å². The van der Waals surface area contributed by atoms with Crippen molar-refractivity contribution in [2.45, 2.75) is 37.6 Å². The number of piperidine rings is 1. The van der Waals surface area contributed by atoms with Gasteiger partial charge in [0.05, 0.1) is 11.3 Å². The molecule has 1 N–H and O–H groups in total. The molecule has 27 heavy (non-hydrogen) atoms. The number of aromatic nitrogens is 1. The summed E-state index contributed by atoms with van der Waals surface area (Å²) in [7, 11) is 0. The molecule has 1 aliphatic rings. The van der Waals surface area contributed by atoms with Crippen molar-refractivity contribution >= 4 is 23.6 Å². The third-order valence-electron chi connectivity index (χ3n) is 4.80. The molecule has 142 valence electrons. The second kappa shape index (κ2) is 9.04. The van der Waals surface area contributed by atoms with Crippen LogP contribution in [0.5, 0.6) is 0 Å². The van der Waals surface area contributed by atoms with Gasteiger partial charge in [-0.3, -0.25) is 14.6 Å². The monoisotopic (exact) mass is 383 g/mol. The zero-order valence-electron chi connectivity index (χ0n) is 15.8. The number of likely N-dealkylation sites (tertiary alicyclic amines) is 1. The molecule has 2 aromatic rings. The summed E-state index contributed by atoms with van der Waals surface area (Å²) in [4.78, 5) is 31.8. The Morgan fingerprint density at radius 3 is 2.70 bits per heavy atom. The Balaban J connectivity index is 1.45. The van der Waals surface area contributed by atoms with Gasteiger partial charge in [-0.15, -0.1) is 11.8 Å². The van der Waals surface area contributed by atoms with E-state index in [0.29, 0.717) is 24.4 Å². The average Bonchev–Trinajstić information content (AvgIpc) is 2.69. The van der Waals surface area contributed by atoms with Crippen molar-refractivity contribution in [1.82, 2.24) is 15.2 Å². The van der Waals surface area contributed by atoms with E-state index >= 15 is 0 Å². The summed E-state index contributed by atoms with van der Waals surface area (Å²) in [6.45, 7) is 5.51. The fourth-order valence-electron chi connectivity index (χ4n) is 3.13. The van der Waals surface area contributed by atoms with E-state index in [1.807, 2.05) is 4.90 Å². The molecule has 0 spiro atoms. The maximum absolute atomic E-state index is 12.5. The van der Waals surface area contributed by atoms with E-state index in [2.05, 4.69) is 42.3 Å². The predicted octanol–water partition coefficient (Wildman–Crippen LogP) is 3.21. The lowest BCUT2D eigenvalue weighted by atomic mass is 10.0. The van der Waals surface area contributed by atoms with E-state index in [-0.39, 0.29) is 17.9 Å². The van der Waals surface area contributed by atoms with Crippen LogP contribution >= 0.6 is 11.8 Å². The van der Waals surface area contributed by atoms with E-state index in [4.69, 9.17) is 0 Å². The zero-order valence-corrected chi connectivity index (χ0v) is 16.6. The Morgan fingerprint density at radius 2 is 2.00 bits per heavy atom. The number of pyridine rings is 1. The third kappa shape index (κ3) is 5.32. The zero-order chi connectivity index (χ0) is 19.2. The minimum Gasteiger partial charge on any atom is -0.349 e. The summed E-state index contributed by atoms with van der Waals surface area (Å²) in [5.41, 5.74) is 2.98. The highest BCUT2D eigenvalue weighted by atomic mass is 32.2. The number of hydrogen-bond acceptors (Lipinski definition) is 4. The second-order valence-electron chi connectivity index (χ2n) is 6.93. The Morgan fingerprint density at radius 1 is 1.22 bits per heavy atom. The van der Waals surface area contributed by atoms with Gasteiger partial charge in [0, 0.05) is 36.4 Å². The van der Waals surface area contributed by atoms with Crippen LogP contribution in [0.25, 0.3) is 0 Å². The van der Waals surface area contributed by atoms with Gasteiger partial charge in [-0.1, -0.05) is 17.7 Å². The highest BCUT2D eigenvalue weighted by molar-refractivity contribution is 8.00. The quantitative estimate of drug-likeness (QED) is 0.806.